The number of carbonyl (C=O) groups excluding carboxylic acids is 5. The zero-order chi connectivity index (χ0) is 42.4. The van der Waals surface area contributed by atoms with Gasteiger partial charge in [-0.2, -0.15) is 0 Å². The molecule has 0 aromatic heterocycles. The highest BCUT2D eigenvalue weighted by Crippen LogP contribution is 2.71. The third-order valence-corrected chi connectivity index (χ3v) is 20.6. The minimum Gasteiger partial charge on any atom is -0.463 e. The number of fused-ring (bicyclic) bond motifs is 10. The summed E-state index contributed by atoms with van der Waals surface area (Å²) in [4.78, 5) is 64.0. The van der Waals surface area contributed by atoms with E-state index in [1.54, 1.807) is 0 Å². The molecule has 0 spiro atoms. The lowest BCUT2D eigenvalue weighted by Crippen LogP contribution is -2.63. The molecule has 59 heavy (non-hydrogen) atoms. The van der Waals surface area contributed by atoms with E-state index in [0.29, 0.717) is 35.9 Å². The van der Waals surface area contributed by atoms with Gasteiger partial charge in [-0.3, -0.25) is 24.0 Å². The van der Waals surface area contributed by atoms with Crippen molar-refractivity contribution in [3.05, 3.63) is 0 Å². The summed E-state index contributed by atoms with van der Waals surface area (Å²) >= 11 is 0. The number of ether oxygens (including phenoxy) is 4. The van der Waals surface area contributed by atoms with Crippen LogP contribution in [-0.4, -0.2) is 53.6 Å². The van der Waals surface area contributed by atoms with Gasteiger partial charge in [0.1, 0.15) is 29.7 Å². The van der Waals surface area contributed by atoms with Crippen LogP contribution >= 0.6 is 0 Å². The zero-order valence-corrected chi connectivity index (χ0v) is 37.9. The zero-order valence-electron chi connectivity index (χ0n) is 37.9. The summed E-state index contributed by atoms with van der Waals surface area (Å²) in [5.41, 5.74) is -0.642. The molecule has 0 N–H and O–H groups in total. The molecule has 8 saturated carbocycles. The van der Waals surface area contributed by atoms with E-state index < -0.39 is 5.60 Å². The molecule has 0 aliphatic heterocycles. The van der Waals surface area contributed by atoms with Crippen molar-refractivity contribution >= 4 is 29.7 Å². The number of rotatable bonds is 8. The van der Waals surface area contributed by atoms with Crippen LogP contribution in [0.15, 0.2) is 0 Å². The monoisotopic (exact) mass is 821 g/mol. The van der Waals surface area contributed by atoms with Crippen LogP contribution in [0.25, 0.3) is 0 Å². The third kappa shape index (κ3) is 7.03. The molecular formula is C50H76O9. The van der Waals surface area contributed by atoms with Crippen molar-refractivity contribution in [2.24, 2.45) is 80.8 Å². The minimum atomic E-state index is -0.482. The summed E-state index contributed by atoms with van der Waals surface area (Å²) in [6.07, 6.45) is 15.6. The largest absolute Gasteiger partial charge is 0.463 e. The van der Waals surface area contributed by atoms with Gasteiger partial charge in [0, 0.05) is 56.8 Å². The normalized spacial score (nSPS) is 49.1. The standard InChI is InChI=1S/C50H76O9/c1-28(10-15-44(55)59-49(8)23-19-39-36-12-11-32-24-34(54)16-20-46(32,5)38(36)18-22-48(39,49)7)37-13-14-40-45-41(27-43(50(37,40)9)58-31(4)53)47(6)21-17-35(56-29(2)51)25-33(47)26-42(45)57-30(3)52/h28,32-33,35-43,45H,10-27H2,1-9H3/t28?,32-,33+,35-,36+,37?,38-,39-,40+,41+,42-,43+,45+,46-,47+,48-,49-,50-/m1/s1. The van der Waals surface area contributed by atoms with Crippen LogP contribution in [0.2, 0.25) is 0 Å². The fraction of sp³-hybridized carbons (Fsp3) is 0.900. The highest BCUT2D eigenvalue weighted by molar-refractivity contribution is 5.79. The maximum Gasteiger partial charge on any atom is 0.306 e. The first kappa shape index (κ1) is 43.2. The average molecular weight is 821 g/mol. The second kappa shape index (κ2) is 15.4. The molecule has 8 aliphatic carbocycles. The average Bonchev–Trinajstić information content (AvgIpc) is 3.64. The van der Waals surface area contributed by atoms with Crippen LogP contribution < -0.4 is 0 Å². The first-order valence-electron chi connectivity index (χ1n) is 24.0. The van der Waals surface area contributed by atoms with E-state index in [-0.39, 0.29) is 99.4 Å². The maximum atomic E-state index is 14.1. The van der Waals surface area contributed by atoms with E-state index in [4.69, 9.17) is 18.9 Å². The van der Waals surface area contributed by atoms with Gasteiger partial charge in [-0.05, 0) is 167 Å². The Morgan fingerprint density at radius 1 is 0.678 bits per heavy atom. The van der Waals surface area contributed by atoms with Gasteiger partial charge < -0.3 is 18.9 Å². The molecular weight excluding hydrogens is 745 g/mol. The molecule has 8 aliphatic rings. The molecule has 18 atom stereocenters. The van der Waals surface area contributed by atoms with Crippen molar-refractivity contribution in [1.29, 1.82) is 0 Å². The van der Waals surface area contributed by atoms with Crippen molar-refractivity contribution in [3.63, 3.8) is 0 Å². The highest BCUT2D eigenvalue weighted by atomic mass is 16.6. The number of hydrogen-bond donors (Lipinski definition) is 0. The van der Waals surface area contributed by atoms with Gasteiger partial charge in [0.15, 0.2) is 0 Å². The first-order valence-corrected chi connectivity index (χ1v) is 24.0. The second-order valence-corrected chi connectivity index (χ2v) is 22.9. The molecule has 0 aromatic rings. The highest BCUT2D eigenvalue weighted by Gasteiger charge is 2.68. The SMILES string of the molecule is CC(=O)O[C@@H]1CC[C@@]2(C)[C@@H](C1)C[C@@H](OC(C)=O)[C@@H]1[C@@H]2C[C@H](OC(C)=O)[C@]2(C)C(C(C)CCC(=O)O[C@]3(C)CC[C@@H]4[C@H]5CC[C@@H]6CC(=O)CC[C@@]6(C)[C@@H]5CC[C@]43C)CC[C@@H]12. The topological polar surface area (TPSA) is 122 Å². The third-order valence-electron chi connectivity index (χ3n) is 20.6. The van der Waals surface area contributed by atoms with Gasteiger partial charge in [-0.1, -0.05) is 34.6 Å². The van der Waals surface area contributed by atoms with Crippen LogP contribution in [0, 0.1) is 80.8 Å². The van der Waals surface area contributed by atoms with Crippen LogP contribution in [-0.2, 0) is 42.9 Å². The Morgan fingerprint density at radius 2 is 1.37 bits per heavy atom. The summed E-state index contributed by atoms with van der Waals surface area (Å²) < 4.78 is 25.1. The van der Waals surface area contributed by atoms with Crippen molar-refractivity contribution in [2.45, 2.75) is 202 Å². The Kier molecular flexibility index (Phi) is 11.3. The van der Waals surface area contributed by atoms with Gasteiger partial charge in [0.25, 0.3) is 0 Å². The van der Waals surface area contributed by atoms with Gasteiger partial charge in [-0.25, -0.2) is 0 Å². The second-order valence-electron chi connectivity index (χ2n) is 22.9. The molecule has 2 unspecified atom stereocenters. The fourth-order valence-corrected chi connectivity index (χ4v) is 17.4. The van der Waals surface area contributed by atoms with Crippen LogP contribution in [0.1, 0.15) is 178 Å². The molecule has 8 rings (SSSR count). The summed E-state index contributed by atoms with van der Waals surface area (Å²) in [6.45, 7) is 18.7. The van der Waals surface area contributed by atoms with Gasteiger partial charge >= 0.3 is 23.9 Å². The Bertz CT molecular complexity index is 1690. The van der Waals surface area contributed by atoms with Crippen molar-refractivity contribution < 1.29 is 42.9 Å². The number of esters is 4. The van der Waals surface area contributed by atoms with E-state index >= 15 is 0 Å². The van der Waals surface area contributed by atoms with E-state index in [1.807, 2.05) is 0 Å². The van der Waals surface area contributed by atoms with Gasteiger partial charge in [0.2, 0.25) is 0 Å². The molecule has 0 radical (unpaired) electrons. The van der Waals surface area contributed by atoms with Crippen molar-refractivity contribution in [2.75, 3.05) is 0 Å². The summed E-state index contributed by atoms with van der Waals surface area (Å²) in [7, 11) is 0. The molecule has 9 nitrogen and oxygen atoms in total. The molecule has 0 amide bonds. The lowest BCUT2D eigenvalue weighted by atomic mass is 9.43. The van der Waals surface area contributed by atoms with E-state index in [1.165, 1.54) is 33.6 Å². The predicted molar refractivity (Wildman–Crippen MR) is 222 cm³/mol. The van der Waals surface area contributed by atoms with Gasteiger partial charge in [-0.15, -0.1) is 0 Å². The van der Waals surface area contributed by atoms with Gasteiger partial charge in [0.05, 0.1) is 0 Å². The Hall–Kier alpha value is -2.45. The molecule has 0 aromatic carbocycles. The van der Waals surface area contributed by atoms with Crippen LogP contribution in [0.5, 0.6) is 0 Å². The maximum absolute atomic E-state index is 14.1. The minimum absolute atomic E-state index is 0.0427. The molecule has 8 fully saturated rings. The van der Waals surface area contributed by atoms with E-state index in [2.05, 4.69) is 41.5 Å². The number of Topliss-reactive ketones (excluding diaryl/α,β-unsaturated/α-hetero) is 1. The van der Waals surface area contributed by atoms with Crippen molar-refractivity contribution in [1.82, 2.24) is 0 Å². The molecule has 9 heteroatoms. The summed E-state index contributed by atoms with van der Waals surface area (Å²) in [5, 5.41) is 0. The molecule has 0 heterocycles. The Labute approximate surface area is 354 Å². The Balaban J connectivity index is 0.961. The number of hydrogen-bond acceptors (Lipinski definition) is 9. The lowest BCUT2D eigenvalue weighted by Gasteiger charge is -2.64. The van der Waals surface area contributed by atoms with Crippen LogP contribution in [0.3, 0.4) is 0 Å². The lowest BCUT2D eigenvalue weighted by molar-refractivity contribution is -0.224. The fourth-order valence-electron chi connectivity index (χ4n) is 17.4. The van der Waals surface area contributed by atoms with Crippen molar-refractivity contribution in [3.8, 4) is 0 Å². The molecule has 0 bridgehead atoms. The Morgan fingerprint density at radius 3 is 2.08 bits per heavy atom. The summed E-state index contributed by atoms with van der Waals surface area (Å²) in [5.74, 6) is 3.22. The quantitative estimate of drug-likeness (QED) is 0.174. The molecule has 0 saturated heterocycles. The number of ketones is 1. The molecule has 330 valence electrons. The summed E-state index contributed by atoms with van der Waals surface area (Å²) in [6, 6.07) is 0. The van der Waals surface area contributed by atoms with E-state index in [9.17, 15) is 24.0 Å². The smallest absolute Gasteiger partial charge is 0.306 e. The predicted octanol–water partition coefficient (Wildman–Crippen LogP) is 9.99. The number of carbonyl (C=O) groups is 5. The van der Waals surface area contributed by atoms with Crippen LogP contribution in [0.4, 0.5) is 0 Å². The van der Waals surface area contributed by atoms with E-state index in [0.717, 1.165) is 96.3 Å². The first-order chi connectivity index (χ1) is 27.7.